The molecule has 1 amide bonds. The predicted molar refractivity (Wildman–Crippen MR) is 121 cm³/mol. The molecular formula is C23H25FN6O3. The number of nitrogens with two attached hydrogens (primary N) is 1. The Morgan fingerprint density at radius 2 is 2.12 bits per heavy atom. The number of benzene rings is 1. The standard InChI is InChI=1S/C23H25FN6O3/c1-13(15-3-6-20(25)26-11-15)29-22(31)19-5-4-17-12-28-21(23(32)30(17)19)27-10-14-7-16(24)9-18(8-14)33-2/h3,6-9,11-13,19H,4-5,10H2,1-2H3,(H2,25,26)(H,27,28)(H,29,31)/t13-,19+/m1/s1. The Bertz CT molecular complexity index is 1230. The van der Waals surface area contributed by atoms with Gasteiger partial charge < -0.3 is 21.1 Å². The van der Waals surface area contributed by atoms with Gasteiger partial charge in [-0.1, -0.05) is 6.07 Å². The number of carbonyl (C=O) groups is 1. The molecule has 0 spiro atoms. The number of anilines is 2. The summed E-state index contributed by atoms with van der Waals surface area (Å²) in [7, 11) is 1.45. The highest BCUT2D eigenvalue weighted by atomic mass is 19.1. The first kappa shape index (κ1) is 22.3. The number of pyridine rings is 1. The largest absolute Gasteiger partial charge is 0.497 e. The molecule has 0 bridgehead atoms. The van der Waals surface area contributed by atoms with Crippen molar-refractivity contribution >= 4 is 17.5 Å². The van der Waals surface area contributed by atoms with E-state index in [1.54, 1.807) is 30.6 Å². The molecule has 0 unspecified atom stereocenters. The van der Waals surface area contributed by atoms with Crippen molar-refractivity contribution in [1.82, 2.24) is 19.9 Å². The number of carbonyl (C=O) groups excluding carboxylic acids is 1. The second-order valence-corrected chi connectivity index (χ2v) is 7.93. The Labute approximate surface area is 189 Å². The van der Waals surface area contributed by atoms with Crippen molar-refractivity contribution in [2.45, 2.75) is 38.4 Å². The highest BCUT2D eigenvalue weighted by Crippen LogP contribution is 2.25. The van der Waals surface area contributed by atoms with E-state index in [0.29, 0.717) is 35.7 Å². The van der Waals surface area contributed by atoms with Crippen molar-refractivity contribution in [3.8, 4) is 5.75 Å². The Kier molecular flexibility index (Phi) is 6.25. The Balaban J connectivity index is 1.50. The minimum absolute atomic E-state index is 0.0949. The lowest BCUT2D eigenvalue weighted by molar-refractivity contribution is -0.124. The van der Waals surface area contributed by atoms with Crippen molar-refractivity contribution in [2.24, 2.45) is 0 Å². The molecule has 3 heterocycles. The fourth-order valence-electron chi connectivity index (χ4n) is 3.90. The van der Waals surface area contributed by atoms with Crippen LogP contribution >= 0.6 is 0 Å². The molecule has 2 aromatic heterocycles. The molecule has 0 fully saturated rings. The fraction of sp³-hybridized carbons (Fsp3) is 0.304. The molecule has 10 heteroatoms. The van der Waals surface area contributed by atoms with E-state index in [-0.39, 0.29) is 24.3 Å². The zero-order valence-electron chi connectivity index (χ0n) is 18.3. The van der Waals surface area contributed by atoms with Gasteiger partial charge in [0.2, 0.25) is 5.91 Å². The fourth-order valence-corrected chi connectivity index (χ4v) is 3.90. The summed E-state index contributed by atoms with van der Waals surface area (Å²) in [5.41, 5.74) is 7.33. The zero-order chi connectivity index (χ0) is 23.5. The minimum atomic E-state index is -0.644. The number of ether oxygens (including phenoxy) is 1. The molecule has 1 aliphatic rings. The van der Waals surface area contributed by atoms with E-state index in [9.17, 15) is 14.0 Å². The second-order valence-electron chi connectivity index (χ2n) is 7.93. The lowest BCUT2D eigenvalue weighted by atomic mass is 10.1. The molecule has 4 rings (SSSR count). The van der Waals surface area contributed by atoms with Gasteiger partial charge in [-0.25, -0.2) is 14.4 Å². The van der Waals surface area contributed by atoms with E-state index in [4.69, 9.17) is 10.5 Å². The van der Waals surface area contributed by atoms with Crippen LogP contribution in [0.3, 0.4) is 0 Å². The number of aromatic nitrogens is 3. The number of nitrogen functional groups attached to an aromatic ring is 1. The molecule has 2 atom stereocenters. The highest BCUT2D eigenvalue weighted by molar-refractivity contribution is 5.81. The van der Waals surface area contributed by atoms with E-state index < -0.39 is 17.4 Å². The van der Waals surface area contributed by atoms with Crippen molar-refractivity contribution in [2.75, 3.05) is 18.2 Å². The number of halogens is 1. The van der Waals surface area contributed by atoms with E-state index in [2.05, 4.69) is 20.6 Å². The quantitative estimate of drug-likeness (QED) is 0.503. The summed E-state index contributed by atoms with van der Waals surface area (Å²) in [4.78, 5) is 34.4. The zero-order valence-corrected chi connectivity index (χ0v) is 18.3. The molecule has 172 valence electrons. The van der Waals surface area contributed by atoms with Crippen molar-refractivity contribution in [3.05, 3.63) is 75.7 Å². The smallest absolute Gasteiger partial charge is 0.294 e. The van der Waals surface area contributed by atoms with Gasteiger partial charge in [-0.05, 0) is 49.1 Å². The van der Waals surface area contributed by atoms with Crippen LogP contribution < -0.4 is 26.7 Å². The number of hydrogen-bond donors (Lipinski definition) is 3. The maximum atomic E-state index is 13.7. The number of methoxy groups -OCH3 is 1. The van der Waals surface area contributed by atoms with Gasteiger partial charge in [0.05, 0.1) is 13.2 Å². The summed E-state index contributed by atoms with van der Waals surface area (Å²) < 4.78 is 20.3. The monoisotopic (exact) mass is 452 g/mol. The lowest BCUT2D eigenvalue weighted by Gasteiger charge is -2.19. The van der Waals surface area contributed by atoms with Crippen molar-refractivity contribution in [1.29, 1.82) is 0 Å². The summed E-state index contributed by atoms with van der Waals surface area (Å²) in [6.45, 7) is 2.02. The summed E-state index contributed by atoms with van der Waals surface area (Å²) >= 11 is 0. The highest BCUT2D eigenvalue weighted by Gasteiger charge is 2.31. The first-order chi connectivity index (χ1) is 15.9. The Hall–Kier alpha value is -3.95. The summed E-state index contributed by atoms with van der Waals surface area (Å²) in [6, 6.07) is 6.83. The molecule has 0 saturated heterocycles. The van der Waals surface area contributed by atoms with E-state index in [1.165, 1.54) is 23.8 Å². The van der Waals surface area contributed by atoms with Gasteiger partial charge in [-0.15, -0.1) is 0 Å². The topological polar surface area (TPSA) is 124 Å². The predicted octanol–water partition coefficient (Wildman–Crippen LogP) is 2.35. The molecule has 3 aromatic rings. The van der Waals surface area contributed by atoms with Crippen LogP contribution in [0.25, 0.3) is 0 Å². The average Bonchev–Trinajstić information content (AvgIpc) is 3.24. The van der Waals surface area contributed by atoms with Gasteiger partial charge in [0.25, 0.3) is 5.56 Å². The van der Waals surface area contributed by atoms with E-state index in [1.807, 2.05) is 6.92 Å². The third-order valence-electron chi connectivity index (χ3n) is 5.66. The van der Waals surface area contributed by atoms with Crippen LogP contribution in [-0.4, -0.2) is 27.6 Å². The van der Waals surface area contributed by atoms with Crippen LogP contribution in [0.5, 0.6) is 5.75 Å². The summed E-state index contributed by atoms with van der Waals surface area (Å²) in [6.07, 6.45) is 4.28. The van der Waals surface area contributed by atoms with Crippen LogP contribution in [0.1, 0.15) is 42.2 Å². The third-order valence-corrected chi connectivity index (χ3v) is 5.66. The summed E-state index contributed by atoms with van der Waals surface area (Å²) in [5, 5.41) is 5.90. The number of nitrogens with one attached hydrogen (secondary N) is 2. The van der Waals surface area contributed by atoms with Gasteiger partial charge in [0.15, 0.2) is 5.82 Å². The van der Waals surface area contributed by atoms with Gasteiger partial charge in [0.1, 0.15) is 23.4 Å². The number of rotatable bonds is 7. The Morgan fingerprint density at radius 3 is 2.85 bits per heavy atom. The first-order valence-electron chi connectivity index (χ1n) is 10.5. The van der Waals surface area contributed by atoms with Gasteiger partial charge in [-0.2, -0.15) is 0 Å². The molecule has 4 N–H and O–H groups in total. The van der Waals surface area contributed by atoms with Gasteiger partial charge >= 0.3 is 0 Å². The van der Waals surface area contributed by atoms with Gasteiger partial charge in [0, 0.05) is 30.7 Å². The minimum Gasteiger partial charge on any atom is -0.497 e. The SMILES string of the molecule is COc1cc(F)cc(CNc2ncc3n(c2=O)[C@H](C(=O)N[C@H](C)c2ccc(N)nc2)CC3)c1. The Morgan fingerprint density at radius 1 is 1.30 bits per heavy atom. The average molecular weight is 452 g/mol. The van der Waals surface area contributed by atoms with Crippen LogP contribution in [0.15, 0.2) is 47.5 Å². The van der Waals surface area contributed by atoms with Crippen molar-refractivity contribution in [3.63, 3.8) is 0 Å². The first-order valence-corrected chi connectivity index (χ1v) is 10.5. The van der Waals surface area contributed by atoms with Gasteiger partial charge in [-0.3, -0.25) is 14.2 Å². The molecule has 0 aliphatic carbocycles. The molecule has 0 radical (unpaired) electrons. The second kappa shape index (κ2) is 9.27. The molecule has 33 heavy (non-hydrogen) atoms. The molecule has 1 aliphatic heterocycles. The lowest BCUT2D eigenvalue weighted by Crippen LogP contribution is -2.37. The van der Waals surface area contributed by atoms with Crippen LogP contribution in [0.4, 0.5) is 16.0 Å². The maximum Gasteiger partial charge on any atom is 0.294 e. The molecule has 0 saturated carbocycles. The normalized spacial score (nSPS) is 15.5. The number of nitrogens with zero attached hydrogens (tertiary/aromatic N) is 3. The number of amides is 1. The number of fused-ring (bicyclic) bond motifs is 1. The third kappa shape index (κ3) is 4.79. The van der Waals surface area contributed by atoms with Crippen LogP contribution in [-0.2, 0) is 17.8 Å². The van der Waals surface area contributed by atoms with E-state index >= 15 is 0 Å². The van der Waals surface area contributed by atoms with Crippen LogP contribution in [0, 0.1) is 5.82 Å². The maximum absolute atomic E-state index is 13.7. The van der Waals surface area contributed by atoms with Crippen LogP contribution in [0.2, 0.25) is 0 Å². The van der Waals surface area contributed by atoms with E-state index in [0.717, 1.165) is 5.56 Å². The van der Waals surface area contributed by atoms with Crippen molar-refractivity contribution < 1.29 is 13.9 Å². The molecule has 1 aromatic carbocycles. The molecule has 9 nitrogen and oxygen atoms in total. The summed E-state index contributed by atoms with van der Waals surface area (Å²) in [5.74, 6) is 0.182. The number of aryl methyl sites for hydroxylation is 1. The molecular weight excluding hydrogens is 427 g/mol. The number of hydrogen-bond acceptors (Lipinski definition) is 7.